The summed E-state index contributed by atoms with van der Waals surface area (Å²) >= 11 is 0. The van der Waals surface area contributed by atoms with Gasteiger partial charge < -0.3 is 9.80 Å². The Balaban J connectivity index is 1.96. The fourth-order valence-corrected chi connectivity index (χ4v) is 4.25. The minimum Gasteiger partial charge on any atom is -0.329 e. The summed E-state index contributed by atoms with van der Waals surface area (Å²) in [6, 6.07) is 18.0. The number of para-hydroxylation sites is 4. The van der Waals surface area contributed by atoms with E-state index in [1.165, 1.54) is 34.1 Å². The quantitative estimate of drug-likeness (QED) is 0.628. The lowest BCUT2D eigenvalue weighted by Gasteiger charge is -2.26. The Bertz CT molecular complexity index is 1030. The molecule has 4 nitrogen and oxygen atoms in total. The predicted octanol–water partition coefficient (Wildman–Crippen LogP) is 4.71. The molecule has 4 rings (SSSR count). The number of hydrogen-bond acceptors (Lipinski definition) is 2. The molecule has 4 heteroatoms. The van der Waals surface area contributed by atoms with Gasteiger partial charge in [-0.25, -0.2) is 9.13 Å². The molecular weight excluding hydrogens is 332 g/mol. The van der Waals surface area contributed by atoms with Crippen LogP contribution in [0.2, 0.25) is 0 Å². The molecule has 0 saturated carbocycles. The van der Waals surface area contributed by atoms with Gasteiger partial charge in [0.15, 0.2) is 11.0 Å². The van der Waals surface area contributed by atoms with Crippen LogP contribution in [0, 0.1) is 0 Å². The molecule has 0 unspecified atom stereocenters. The maximum Gasteiger partial charge on any atom is 0.286 e. The second-order valence-electron chi connectivity index (χ2n) is 7.88. The van der Waals surface area contributed by atoms with Crippen molar-refractivity contribution in [2.75, 3.05) is 16.8 Å². The van der Waals surface area contributed by atoms with E-state index in [1.54, 1.807) is 0 Å². The molecule has 0 radical (unpaired) electrons. The lowest BCUT2D eigenvalue weighted by atomic mass is 10.2. The van der Waals surface area contributed by atoms with Crippen LogP contribution < -0.4 is 14.4 Å². The Hall–Kier alpha value is -2.75. The third-order valence-electron chi connectivity index (χ3n) is 5.48. The average molecular weight is 362 g/mol. The number of aromatic nitrogens is 2. The molecular formula is C23H29N4+. The molecule has 3 aromatic rings. The number of anilines is 2. The number of benzene rings is 2. The van der Waals surface area contributed by atoms with Crippen LogP contribution in [-0.2, 0) is 7.05 Å². The lowest BCUT2D eigenvalue weighted by molar-refractivity contribution is -0.647. The lowest BCUT2D eigenvalue weighted by Crippen LogP contribution is -2.35. The zero-order valence-electron chi connectivity index (χ0n) is 17.1. The number of nitrogens with zero attached hydrogens (tertiary/aromatic N) is 4. The van der Waals surface area contributed by atoms with Crippen LogP contribution >= 0.6 is 0 Å². The van der Waals surface area contributed by atoms with Gasteiger partial charge in [0.05, 0.1) is 30.5 Å². The van der Waals surface area contributed by atoms with E-state index >= 15 is 0 Å². The summed E-state index contributed by atoms with van der Waals surface area (Å²) in [6.07, 6.45) is 2.33. The van der Waals surface area contributed by atoms with Crippen molar-refractivity contribution in [1.82, 2.24) is 4.57 Å². The van der Waals surface area contributed by atoms with E-state index in [1.807, 2.05) is 0 Å². The molecule has 1 aliphatic rings. The van der Waals surface area contributed by atoms with E-state index in [-0.39, 0.29) is 0 Å². The van der Waals surface area contributed by atoms with Gasteiger partial charge in [-0.3, -0.25) is 0 Å². The van der Waals surface area contributed by atoms with Crippen molar-refractivity contribution in [3.8, 4) is 0 Å². The summed E-state index contributed by atoms with van der Waals surface area (Å²) in [5, 5.41) is 0. The molecule has 1 aromatic heterocycles. The summed E-state index contributed by atoms with van der Waals surface area (Å²) in [6.45, 7) is 9.01. The molecule has 1 aliphatic heterocycles. The smallest absolute Gasteiger partial charge is 0.286 e. The van der Waals surface area contributed by atoms with E-state index in [2.05, 4.69) is 115 Å². The van der Waals surface area contributed by atoms with Gasteiger partial charge in [-0.2, -0.15) is 0 Å². The van der Waals surface area contributed by atoms with Gasteiger partial charge in [-0.15, -0.1) is 0 Å². The molecule has 27 heavy (non-hydrogen) atoms. The highest BCUT2D eigenvalue weighted by molar-refractivity contribution is 5.85. The minimum absolute atomic E-state index is 0.379. The van der Waals surface area contributed by atoms with Crippen LogP contribution in [0.5, 0.6) is 0 Å². The summed E-state index contributed by atoms with van der Waals surface area (Å²) in [5.41, 5.74) is 5.06. The van der Waals surface area contributed by atoms with Gasteiger partial charge >= 0.3 is 0 Å². The molecule has 0 fully saturated rings. The van der Waals surface area contributed by atoms with Crippen molar-refractivity contribution in [2.24, 2.45) is 7.05 Å². The Morgan fingerprint density at radius 1 is 0.852 bits per heavy atom. The van der Waals surface area contributed by atoms with Crippen LogP contribution in [0.1, 0.15) is 39.6 Å². The Morgan fingerprint density at radius 2 is 1.48 bits per heavy atom. The van der Waals surface area contributed by atoms with Crippen molar-refractivity contribution < 1.29 is 4.57 Å². The van der Waals surface area contributed by atoms with Gasteiger partial charge in [0, 0.05) is 13.1 Å². The van der Waals surface area contributed by atoms with E-state index in [4.69, 9.17) is 0 Å². The highest BCUT2D eigenvalue weighted by Crippen LogP contribution is 2.42. The third kappa shape index (κ3) is 2.62. The summed E-state index contributed by atoms with van der Waals surface area (Å²) < 4.78 is 4.73. The minimum atomic E-state index is 0.379. The average Bonchev–Trinajstić information content (AvgIpc) is 3.09. The largest absolute Gasteiger partial charge is 0.329 e. The topological polar surface area (TPSA) is 15.3 Å². The first-order valence-electron chi connectivity index (χ1n) is 9.74. The number of aryl methyl sites for hydroxylation is 1. The Morgan fingerprint density at radius 3 is 2.15 bits per heavy atom. The second-order valence-corrected chi connectivity index (χ2v) is 7.88. The highest BCUT2D eigenvalue weighted by Gasteiger charge is 2.33. The maximum atomic E-state index is 2.43. The molecule has 0 atom stereocenters. The van der Waals surface area contributed by atoms with Crippen LogP contribution in [0.15, 0.2) is 54.4 Å². The first-order valence-corrected chi connectivity index (χ1v) is 9.74. The monoisotopic (exact) mass is 361 g/mol. The van der Waals surface area contributed by atoms with Gasteiger partial charge in [0.25, 0.3) is 5.82 Å². The Labute approximate surface area is 161 Å². The molecule has 0 spiro atoms. The number of rotatable bonds is 3. The summed E-state index contributed by atoms with van der Waals surface area (Å²) in [7, 11) is 4.32. The molecule has 0 saturated heterocycles. The fraction of sp³-hybridized carbons (Fsp3) is 0.348. The van der Waals surface area contributed by atoms with Gasteiger partial charge in [-0.05, 0) is 52.0 Å². The highest BCUT2D eigenvalue weighted by atomic mass is 15.4. The second kappa shape index (κ2) is 6.45. The zero-order valence-corrected chi connectivity index (χ0v) is 17.1. The van der Waals surface area contributed by atoms with Crippen molar-refractivity contribution >= 4 is 28.5 Å². The SMILES string of the molecule is CC(C)N1C(=Cc2n(C(C)C)c3ccccc3[n+]2C)N(C)c2ccccc21. The van der Waals surface area contributed by atoms with Crippen molar-refractivity contribution in [3.05, 3.63) is 60.2 Å². The van der Waals surface area contributed by atoms with Crippen LogP contribution in [0.4, 0.5) is 11.4 Å². The predicted molar refractivity (Wildman–Crippen MR) is 114 cm³/mol. The van der Waals surface area contributed by atoms with Gasteiger partial charge in [0.2, 0.25) is 0 Å². The molecule has 0 N–H and O–H groups in total. The molecule has 2 heterocycles. The molecule has 0 amide bonds. The molecule has 0 bridgehead atoms. The zero-order chi connectivity index (χ0) is 19.3. The van der Waals surface area contributed by atoms with E-state index in [0.29, 0.717) is 12.1 Å². The standard InChI is InChI=1S/C23H29N4/c1-16(2)26-20-13-9-7-11-18(20)24(5)22(26)15-23-25(6)19-12-8-10-14-21(19)27(23)17(3)4/h7-17H,1-6H3/q+1. The normalized spacial score (nSPS) is 15.6. The van der Waals surface area contributed by atoms with Crippen molar-refractivity contribution in [3.63, 3.8) is 0 Å². The fourth-order valence-electron chi connectivity index (χ4n) is 4.25. The number of hydrogen-bond donors (Lipinski definition) is 0. The van der Waals surface area contributed by atoms with E-state index in [9.17, 15) is 0 Å². The first-order chi connectivity index (χ1) is 12.9. The van der Waals surface area contributed by atoms with E-state index in [0.717, 1.165) is 0 Å². The van der Waals surface area contributed by atoms with Crippen LogP contribution in [-0.4, -0.2) is 17.7 Å². The Kier molecular flexibility index (Phi) is 4.22. The number of fused-ring (bicyclic) bond motifs is 2. The van der Waals surface area contributed by atoms with Gasteiger partial charge in [0.1, 0.15) is 5.82 Å². The van der Waals surface area contributed by atoms with E-state index < -0.39 is 0 Å². The summed E-state index contributed by atoms with van der Waals surface area (Å²) in [5.74, 6) is 2.43. The van der Waals surface area contributed by atoms with Crippen LogP contribution in [0.25, 0.3) is 17.1 Å². The molecule has 2 aromatic carbocycles. The van der Waals surface area contributed by atoms with Crippen molar-refractivity contribution in [2.45, 2.75) is 39.8 Å². The first kappa shape index (κ1) is 17.7. The molecule has 140 valence electrons. The van der Waals surface area contributed by atoms with Crippen LogP contribution in [0.3, 0.4) is 0 Å². The van der Waals surface area contributed by atoms with Crippen molar-refractivity contribution in [1.29, 1.82) is 0 Å². The number of imidazole rings is 1. The third-order valence-corrected chi connectivity index (χ3v) is 5.48. The van der Waals surface area contributed by atoms with Gasteiger partial charge in [-0.1, -0.05) is 24.3 Å². The molecule has 0 aliphatic carbocycles. The maximum absolute atomic E-state index is 2.43. The summed E-state index contributed by atoms with van der Waals surface area (Å²) in [4.78, 5) is 4.73.